The molecule has 0 unspecified atom stereocenters. The van der Waals surface area contributed by atoms with Crippen molar-refractivity contribution in [2.75, 3.05) is 41.9 Å². The van der Waals surface area contributed by atoms with Gasteiger partial charge in [0.2, 0.25) is 29.7 Å². The van der Waals surface area contributed by atoms with E-state index in [1.807, 2.05) is 83.1 Å². The minimum absolute atomic E-state index is 0.140. The summed E-state index contributed by atoms with van der Waals surface area (Å²) in [6, 6.07) is 0. The Labute approximate surface area is 464 Å². The maximum atomic E-state index is 8.89. The molecule has 0 atom stereocenters. The molecule has 0 radical (unpaired) electrons. The van der Waals surface area contributed by atoms with Gasteiger partial charge in [-0.25, -0.2) is 49.8 Å². The molecule has 0 bridgehead atoms. The zero-order chi connectivity index (χ0) is 59.1. The van der Waals surface area contributed by atoms with Crippen LogP contribution in [0.1, 0.15) is 152 Å². The fourth-order valence-corrected chi connectivity index (χ4v) is 7.55. The van der Waals surface area contributed by atoms with Crippen molar-refractivity contribution in [2.45, 2.75) is 168 Å². The van der Waals surface area contributed by atoms with E-state index in [0.717, 1.165) is 148 Å². The number of rotatable bonds is 12. The topological polar surface area (TPSA) is 406 Å². The molecule has 0 spiro atoms. The highest BCUT2D eigenvalue weighted by atomic mass is 16.3. The molecular formula is C52H81N25O3. The van der Waals surface area contributed by atoms with E-state index in [4.69, 9.17) is 44.0 Å². The van der Waals surface area contributed by atoms with Gasteiger partial charge in [0.05, 0.1) is 0 Å². The number of aliphatic hydroxyl groups is 3. The molecule has 10 aromatic heterocycles. The molecule has 0 aliphatic carbocycles. The zero-order valence-electron chi connectivity index (χ0n) is 48.9. The third-order valence-corrected chi connectivity index (χ3v) is 12.9. The van der Waals surface area contributed by atoms with E-state index in [1.165, 1.54) is 4.52 Å². The minimum Gasteiger partial charge on any atom is -0.396 e. The maximum Gasteiger partial charge on any atom is 0.223 e. The Kier molecular flexibility index (Phi) is 22.2. The summed E-state index contributed by atoms with van der Waals surface area (Å²) in [5.41, 5.74) is 42.1. The molecule has 0 aliphatic rings. The number of aryl methyl sites for hydroxylation is 14. The normalized spacial score (nSPS) is 11.0. The van der Waals surface area contributed by atoms with E-state index < -0.39 is 0 Å². The number of hydrogen-bond acceptors (Lipinski definition) is 23. The molecule has 10 aromatic rings. The monoisotopic (exact) mass is 1100 g/mol. The van der Waals surface area contributed by atoms with Crippen LogP contribution in [0.5, 0.6) is 0 Å². The highest BCUT2D eigenvalue weighted by Gasteiger charge is 2.16. The number of aromatic nitrogens is 20. The van der Waals surface area contributed by atoms with Crippen molar-refractivity contribution >= 4 is 58.0 Å². The molecule has 0 fully saturated rings. The van der Waals surface area contributed by atoms with Gasteiger partial charge in [-0.15, -0.1) is 25.5 Å². The second-order valence-electron chi connectivity index (χ2n) is 19.0. The van der Waals surface area contributed by atoms with Gasteiger partial charge in [0.25, 0.3) is 0 Å². The molecule has 10 heterocycles. The van der Waals surface area contributed by atoms with Crippen molar-refractivity contribution in [2.24, 2.45) is 0 Å². The van der Waals surface area contributed by atoms with Crippen LogP contribution in [0.25, 0.3) is 28.2 Å². The van der Waals surface area contributed by atoms with E-state index in [9.17, 15) is 0 Å². The molecule has 0 saturated carbocycles. The lowest BCUT2D eigenvalue weighted by Crippen LogP contribution is -2.05. The van der Waals surface area contributed by atoms with Gasteiger partial charge in [-0.1, -0.05) is 40.5 Å². The second-order valence-corrected chi connectivity index (χ2v) is 19.0. The number of hydrogen-bond donors (Lipinski definition) is 8. The third-order valence-electron chi connectivity index (χ3n) is 12.9. The number of anilines is 5. The van der Waals surface area contributed by atoms with Gasteiger partial charge in [-0.2, -0.15) is 22.6 Å². The first-order valence-corrected chi connectivity index (χ1v) is 26.8. The van der Waals surface area contributed by atoms with Crippen LogP contribution in [0.3, 0.4) is 0 Å². The van der Waals surface area contributed by atoms with Gasteiger partial charge in [0, 0.05) is 95.2 Å². The fourth-order valence-electron chi connectivity index (χ4n) is 7.55. The van der Waals surface area contributed by atoms with Gasteiger partial charge >= 0.3 is 0 Å². The molecular weight excluding hydrogens is 1020 g/mol. The first-order chi connectivity index (χ1) is 38.1. The van der Waals surface area contributed by atoms with E-state index in [0.29, 0.717) is 60.5 Å². The predicted octanol–water partition coefficient (Wildman–Crippen LogP) is 4.67. The highest BCUT2D eigenvalue weighted by Crippen LogP contribution is 2.19. The highest BCUT2D eigenvalue weighted by molar-refractivity contribution is 5.55. The van der Waals surface area contributed by atoms with Gasteiger partial charge in [0.15, 0.2) is 57.4 Å². The molecule has 28 nitrogen and oxygen atoms in total. The molecule has 0 aliphatic heterocycles. The van der Waals surface area contributed by atoms with Crippen LogP contribution in [-0.2, 0) is 32.3 Å². The fraction of sp³-hybridized carbons (Fsp3) is 0.519. The van der Waals surface area contributed by atoms with Crippen LogP contribution < -0.4 is 28.7 Å². The zero-order valence-corrected chi connectivity index (χ0v) is 48.9. The van der Waals surface area contributed by atoms with Crippen molar-refractivity contribution in [1.82, 2.24) is 97.9 Å². The lowest BCUT2D eigenvalue weighted by molar-refractivity contribution is 0.271. The number of aliphatic hydroxyl groups excluding tert-OH is 3. The van der Waals surface area contributed by atoms with Crippen LogP contribution in [0.2, 0.25) is 0 Å². The Bertz CT molecular complexity index is 3340. The summed E-state index contributed by atoms with van der Waals surface area (Å²) < 4.78 is 7.85. The smallest absolute Gasteiger partial charge is 0.223 e. The van der Waals surface area contributed by atoms with Gasteiger partial charge < -0.3 is 44.0 Å². The number of nitrogens with two attached hydrogens (primary N) is 5. The number of fused-ring (bicyclic) bond motifs is 5. The average Bonchev–Trinajstić information content (AvgIpc) is 4.35. The molecule has 0 amide bonds. The molecule has 10 rings (SSSR count). The summed E-state index contributed by atoms with van der Waals surface area (Å²) in [6.07, 6.45) is 9.26. The summed E-state index contributed by atoms with van der Waals surface area (Å²) in [5, 5.41) is 46.8. The molecule has 432 valence electrons. The average molecular weight is 1100 g/mol. The van der Waals surface area contributed by atoms with Crippen molar-refractivity contribution in [3.8, 4) is 0 Å². The molecule has 80 heavy (non-hydrogen) atoms. The van der Waals surface area contributed by atoms with Crippen LogP contribution in [0, 0.1) is 69.2 Å². The Morgan fingerprint density at radius 1 is 0.312 bits per heavy atom. The number of nitrogen functional groups attached to an aromatic ring is 5. The molecule has 0 aromatic carbocycles. The predicted molar refractivity (Wildman–Crippen MR) is 309 cm³/mol. The van der Waals surface area contributed by atoms with Crippen molar-refractivity contribution in [3.63, 3.8) is 0 Å². The molecule has 13 N–H and O–H groups in total. The quantitative estimate of drug-likeness (QED) is 0.0823. The molecule has 28 heteroatoms. The number of unbranched alkanes of at least 4 members (excludes halogenated alkanes) is 2. The van der Waals surface area contributed by atoms with Gasteiger partial charge in [-0.3, -0.25) is 0 Å². The first-order valence-electron chi connectivity index (χ1n) is 26.8. The lowest BCUT2D eigenvalue weighted by atomic mass is 10.2. The van der Waals surface area contributed by atoms with E-state index in [-0.39, 0.29) is 19.2 Å². The minimum atomic E-state index is -0.195. The van der Waals surface area contributed by atoms with Crippen molar-refractivity contribution < 1.29 is 15.3 Å². The summed E-state index contributed by atoms with van der Waals surface area (Å²) >= 11 is 0. The Hall–Kier alpha value is -8.37. The van der Waals surface area contributed by atoms with E-state index >= 15 is 0 Å². The summed E-state index contributed by atoms with van der Waals surface area (Å²) in [4.78, 5) is 42.9. The Morgan fingerprint density at radius 3 is 0.787 bits per heavy atom. The van der Waals surface area contributed by atoms with Crippen LogP contribution in [0.4, 0.5) is 29.7 Å². The molecule has 0 saturated heterocycles. The third kappa shape index (κ3) is 14.8. The first kappa shape index (κ1) is 62.5. The Morgan fingerprint density at radius 2 is 0.550 bits per heavy atom. The SMILES string of the molecule is CCCCc1nc2c(C)c(C)nc(N)n2n1.CCCCc1nc2c(C)c(C)nc(N)n2n1.CCCO.CCc1nc2c(C)c(C)nc(N)n2n1.Cc1nc(N)n2nc(CCCO)nc2c1C.Cc1nc(N)n2nc(CO)nc2c1C. The van der Waals surface area contributed by atoms with Crippen LogP contribution in [0.15, 0.2) is 0 Å². The maximum absolute atomic E-state index is 8.89. The summed E-state index contributed by atoms with van der Waals surface area (Å²) in [5.74, 6) is 5.40. The standard InChI is InChI=1S/2C11H17N5.C10H15N5O.C9H13N5.C8H11N5O.C3H8O/c2*1-4-5-6-9-14-10-7(2)8(3)13-11(12)16(10)15-9;1-6-7(2)12-10(11)15-9(6)13-8(14-15)4-3-5-16;1-4-7-12-8-5(2)6(3)11-9(10)14(8)13-7;1-4-5(2)10-8(9)13-7(4)11-6(3-14)12-13;1-2-3-4/h2*4-6H2,1-3H3,(H2,12,13);16H,3-5H2,1-2H3,(H2,11,12);4H2,1-3H3,(H2,10,11);14H,3H2,1-2H3,(H2,9,10);4H,2-3H2,1H3. The lowest BCUT2D eigenvalue weighted by Gasteiger charge is -2.02. The van der Waals surface area contributed by atoms with Crippen LogP contribution >= 0.6 is 0 Å². The van der Waals surface area contributed by atoms with Crippen LogP contribution in [-0.4, -0.2) is 126 Å². The van der Waals surface area contributed by atoms with Crippen molar-refractivity contribution in [3.05, 3.63) is 85.4 Å². The summed E-state index contributed by atoms with van der Waals surface area (Å²) in [7, 11) is 0. The summed E-state index contributed by atoms with van der Waals surface area (Å²) in [6.45, 7) is 27.9. The van der Waals surface area contributed by atoms with E-state index in [1.54, 1.807) is 18.1 Å². The largest absolute Gasteiger partial charge is 0.396 e. The number of nitrogens with zero attached hydrogens (tertiary/aromatic N) is 20. The van der Waals surface area contributed by atoms with Crippen molar-refractivity contribution in [1.29, 1.82) is 0 Å². The Balaban J connectivity index is 0.000000181. The van der Waals surface area contributed by atoms with Gasteiger partial charge in [-0.05, 0) is 94.9 Å². The van der Waals surface area contributed by atoms with E-state index in [2.05, 4.69) is 89.2 Å². The second kappa shape index (κ2) is 28.5. The van der Waals surface area contributed by atoms with Gasteiger partial charge in [0.1, 0.15) is 6.61 Å².